The maximum atomic E-state index is 12.4. The maximum absolute atomic E-state index is 12.4. The SMILES string of the molecule is Cc1nc(C)c(C(=O)N2CC[C@@H](Oc3cccc(Cl)c3)C2)o1. The van der Waals surface area contributed by atoms with Crippen molar-refractivity contribution in [2.75, 3.05) is 13.1 Å². The minimum atomic E-state index is -0.129. The second kappa shape index (κ2) is 6.01. The zero-order valence-electron chi connectivity index (χ0n) is 12.5. The van der Waals surface area contributed by atoms with Crippen molar-refractivity contribution in [1.82, 2.24) is 9.88 Å². The monoisotopic (exact) mass is 320 g/mol. The smallest absolute Gasteiger partial charge is 0.291 e. The number of rotatable bonds is 3. The minimum absolute atomic E-state index is 0.0354. The van der Waals surface area contributed by atoms with Crippen LogP contribution in [0.4, 0.5) is 0 Å². The Morgan fingerprint density at radius 3 is 2.95 bits per heavy atom. The van der Waals surface area contributed by atoms with Gasteiger partial charge in [-0.25, -0.2) is 4.98 Å². The van der Waals surface area contributed by atoms with Gasteiger partial charge in [-0.15, -0.1) is 0 Å². The Labute approximate surface area is 133 Å². The minimum Gasteiger partial charge on any atom is -0.488 e. The molecule has 0 bridgehead atoms. The van der Waals surface area contributed by atoms with Crippen molar-refractivity contribution in [2.45, 2.75) is 26.4 Å². The molecule has 0 saturated carbocycles. The summed E-state index contributed by atoms with van der Waals surface area (Å²) in [6.07, 6.45) is 0.747. The first-order valence-electron chi connectivity index (χ1n) is 7.18. The Balaban J connectivity index is 1.65. The lowest BCUT2D eigenvalue weighted by Gasteiger charge is -2.16. The molecule has 1 fully saturated rings. The quantitative estimate of drug-likeness (QED) is 0.871. The molecule has 0 spiro atoms. The summed E-state index contributed by atoms with van der Waals surface area (Å²) in [4.78, 5) is 18.3. The van der Waals surface area contributed by atoms with Gasteiger partial charge in [-0.2, -0.15) is 0 Å². The predicted octanol–water partition coefficient (Wildman–Crippen LogP) is 3.24. The molecule has 0 radical (unpaired) electrons. The van der Waals surface area contributed by atoms with Crippen LogP contribution in [0.2, 0.25) is 5.02 Å². The average Bonchev–Trinajstić information content (AvgIpc) is 3.05. The van der Waals surface area contributed by atoms with Crippen molar-refractivity contribution in [2.24, 2.45) is 0 Å². The van der Waals surface area contributed by atoms with Gasteiger partial charge in [-0.05, 0) is 25.1 Å². The lowest BCUT2D eigenvalue weighted by molar-refractivity contribution is 0.0738. The van der Waals surface area contributed by atoms with Gasteiger partial charge >= 0.3 is 0 Å². The van der Waals surface area contributed by atoms with Crippen molar-refractivity contribution in [3.05, 3.63) is 46.6 Å². The molecule has 1 atom stereocenters. The molecule has 1 aromatic heterocycles. The van der Waals surface area contributed by atoms with E-state index in [-0.39, 0.29) is 12.0 Å². The molecule has 1 saturated heterocycles. The highest BCUT2D eigenvalue weighted by molar-refractivity contribution is 6.30. The Morgan fingerprint density at radius 2 is 2.27 bits per heavy atom. The van der Waals surface area contributed by atoms with Crippen molar-refractivity contribution in [1.29, 1.82) is 0 Å². The van der Waals surface area contributed by atoms with Crippen molar-refractivity contribution < 1.29 is 13.9 Å². The number of carbonyl (C=O) groups excluding carboxylic acids is 1. The van der Waals surface area contributed by atoms with Gasteiger partial charge in [-0.1, -0.05) is 17.7 Å². The van der Waals surface area contributed by atoms with Crippen LogP contribution in [0.25, 0.3) is 0 Å². The van der Waals surface area contributed by atoms with E-state index in [0.29, 0.717) is 35.5 Å². The predicted molar refractivity (Wildman–Crippen MR) is 82.4 cm³/mol. The topological polar surface area (TPSA) is 55.6 Å². The van der Waals surface area contributed by atoms with Crippen LogP contribution in [-0.2, 0) is 0 Å². The van der Waals surface area contributed by atoms with Gasteiger partial charge in [-0.3, -0.25) is 4.79 Å². The molecule has 116 valence electrons. The normalized spacial score (nSPS) is 17.8. The number of aromatic nitrogens is 1. The van der Waals surface area contributed by atoms with Gasteiger partial charge in [0.15, 0.2) is 5.89 Å². The summed E-state index contributed by atoms with van der Waals surface area (Å²) in [6.45, 7) is 4.69. The molecule has 0 N–H and O–H groups in total. The molecule has 0 unspecified atom stereocenters. The van der Waals surface area contributed by atoms with Crippen LogP contribution in [0.3, 0.4) is 0 Å². The van der Waals surface area contributed by atoms with E-state index in [1.807, 2.05) is 12.1 Å². The Bertz CT molecular complexity index is 698. The Kier molecular flexibility index (Phi) is 4.07. The van der Waals surface area contributed by atoms with Crippen LogP contribution in [-0.4, -0.2) is 35.0 Å². The van der Waals surface area contributed by atoms with E-state index >= 15 is 0 Å². The third-order valence-corrected chi connectivity index (χ3v) is 3.86. The molecule has 1 aromatic carbocycles. The highest BCUT2D eigenvalue weighted by atomic mass is 35.5. The first-order chi connectivity index (χ1) is 10.5. The van der Waals surface area contributed by atoms with Gasteiger partial charge in [0.1, 0.15) is 11.9 Å². The highest BCUT2D eigenvalue weighted by Crippen LogP contribution is 2.23. The van der Waals surface area contributed by atoms with Crippen molar-refractivity contribution >= 4 is 17.5 Å². The molecule has 6 heteroatoms. The van der Waals surface area contributed by atoms with E-state index in [1.54, 1.807) is 30.9 Å². The summed E-state index contributed by atoms with van der Waals surface area (Å²) in [5, 5.41) is 0.635. The van der Waals surface area contributed by atoms with E-state index in [1.165, 1.54) is 0 Å². The van der Waals surface area contributed by atoms with Gasteiger partial charge in [0.25, 0.3) is 5.91 Å². The summed E-state index contributed by atoms with van der Waals surface area (Å²) < 4.78 is 11.3. The first kappa shape index (κ1) is 14.9. The number of amides is 1. The third kappa shape index (κ3) is 3.09. The maximum Gasteiger partial charge on any atom is 0.291 e. The number of carbonyl (C=O) groups is 1. The third-order valence-electron chi connectivity index (χ3n) is 3.63. The number of aryl methyl sites for hydroxylation is 2. The number of likely N-dealkylation sites (tertiary alicyclic amines) is 1. The molecule has 1 amide bonds. The number of ether oxygens (including phenoxy) is 1. The number of oxazole rings is 1. The van der Waals surface area contributed by atoms with Crippen molar-refractivity contribution in [3.63, 3.8) is 0 Å². The Morgan fingerprint density at radius 1 is 1.45 bits per heavy atom. The molecule has 1 aliphatic heterocycles. The van der Waals surface area contributed by atoms with E-state index in [4.69, 9.17) is 20.8 Å². The standard InChI is InChI=1S/C16H17ClN2O3/c1-10-15(21-11(2)18-10)16(20)19-7-6-14(9-19)22-13-5-3-4-12(17)8-13/h3-5,8,14H,6-7,9H2,1-2H3/t14-/m1/s1. The largest absolute Gasteiger partial charge is 0.488 e. The second-order valence-electron chi connectivity index (χ2n) is 5.38. The second-order valence-corrected chi connectivity index (χ2v) is 5.82. The molecule has 2 heterocycles. The van der Waals surface area contributed by atoms with Gasteiger partial charge < -0.3 is 14.1 Å². The lowest BCUT2D eigenvalue weighted by Crippen LogP contribution is -2.31. The molecule has 2 aromatic rings. The zero-order chi connectivity index (χ0) is 15.7. The summed E-state index contributed by atoms with van der Waals surface area (Å²) >= 11 is 5.95. The number of benzene rings is 1. The number of hydrogen-bond donors (Lipinski definition) is 0. The van der Waals surface area contributed by atoms with Crippen LogP contribution in [0, 0.1) is 13.8 Å². The fraction of sp³-hybridized carbons (Fsp3) is 0.375. The molecule has 3 rings (SSSR count). The van der Waals surface area contributed by atoms with Crippen LogP contribution >= 0.6 is 11.6 Å². The molecular weight excluding hydrogens is 304 g/mol. The summed E-state index contributed by atoms with van der Waals surface area (Å²) in [7, 11) is 0. The fourth-order valence-corrected chi connectivity index (χ4v) is 2.80. The van der Waals surface area contributed by atoms with E-state index < -0.39 is 0 Å². The van der Waals surface area contributed by atoms with Gasteiger partial charge in [0.2, 0.25) is 5.76 Å². The lowest BCUT2D eigenvalue weighted by atomic mass is 10.3. The van der Waals surface area contributed by atoms with Gasteiger partial charge in [0, 0.05) is 24.9 Å². The van der Waals surface area contributed by atoms with Crippen LogP contribution in [0.15, 0.2) is 28.7 Å². The summed E-state index contributed by atoms with van der Waals surface area (Å²) in [5.74, 6) is 1.42. The van der Waals surface area contributed by atoms with E-state index in [9.17, 15) is 4.79 Å². The Hall–Kier alpha value is -2.01. The van der Waals surface area contributed by atoms with Crippen LogP contribution < -0.4 is 4.74 Å². The highest BCUT2D eigenvalue weighted by Gasteiger charge is 2.31. The number of nitrogens with zero attached hydrogens (tertiary/aromatic N) is 2. The molecule has 0 aliphatic carbocycles. The number of hydrogen-bond acceptors (Lipinski definition) is 4. The fourth-order valence-electron chi connectivity index (χ4n) is 2.61. The van der Waals surface area contributed by atoms with E-state index in [0.717, 1.165) is 12.2 Å². The first-order valence-corrected chi connectivity index (χ1v) is 7.56. The van der Waals surface area contributed by atoms with Crippen LogP contribution in [0.1, 0.15) is 28.6 Å². The van der Waals surface area contributed by atoms with Crippen LogP contribution in [0.5, 0.6) is 5.75 Å². The van der Waals surface area contributed by atoms with E-state index in [2.05, 4.69) is 4.98 Å². The zero-order valence-corrected chi connectivity index (χ0v) is 13.3. The van der Waals surface area contributed by atoms with Gasteiger partial charge in [0.05, 0.1) is 12.2 Å². The molecule has 1 aliphatic rings. The summed E-state index contributed by atoms with van der Waals surface area (Å²) in [5.41, 5.74) is 0.627. The molecule has 22 heavy (non-hydrogen) atoms. The summed E-state index contributed by atoms with van der Waals surface area (Å²) in [6, 6.07) is 7.28. The molecular formula is C16H17ClN2O3. The molecule has 5 nitrogen and oxygen atoms in total. The van der Waals surface area contributed by atoms with Crippen molar-refractivity contribution in [3.8, 4) is 5.75 Å². The number of halogens is 1. The average molecular weight is 321 g/mol.